The molecule has 3 aromatic rings. The number of rotatable bonds is 3. The van der Waals surface area contributed by atoms with Gasteiger partial charge >= 0.3 is 5.97 Å². The van der Waals surface area contributed by atoms with E-state index < -0.39 is 0 Å². The average Bonchev–Trinajstić information content (AvgIpc) is 3.41. The van der Waals surface area contributed by atoms with Gasteiger partial charge < -0.3 is 9.47 Å². The van der Waals surface area contributed by atoms with Crippen LogP contribution in [0.2, 0.25) is 0 Å². The van der Waals surface area contributed by atoms with E-state index in [1.165, 1.54) is 24.5 Å². The molecule has 2 saturated carbocycles. The first-order chi connectivity index (χ1) is 16.0. The van der Waals surface area contributed by atoms with Crippen molar-refractivity contribution < 1.29 is 18.9 Å². The van der Waals surface area contributed by atoms with Gasteiger partial charge in [0.25, 0.3) is 0 Å². The minimum atomic E-state index is -0.157. The Morgan fingerprint density at radius 2 is 2.00 bits per heavy atom. The number of nitrogens with zero attached hydrogens (tertiary/aromatic N) is 4. The number of hydrogen-bond acceptors (Lipinski definition) is 8. The fourth-order valence-corrected chi connectivity index (χ4v) is 7.04. The topological polar surface area (TPSA) is 100 Å². The van der Waals surface area contributed by atoms with E-state index in [4.69, 9.17) is 14.1 Å². The molecule has 0 saturated heterocycles. The van der Waals surface area contributed by atoms with Gasteiger partial charge in [0.05, 0.1) is 19.0 Å². The van der Waals surface area contributed by atoms with Crippen LogP contribution in [0.25, 0.3) is 22.6 Å². The minimum Gasteiger partial charge on any atom is -0.496 e. The number of aryl methyl sites for hydroxylation is 1. The van der Waals surface area contributed by atoms with Gasteiger partial charge in [-0.05, 0) is 89.9 Å². The summed E-state index contributed by atoms with van der Waals surface area (Å²) in [6, 6.07) is 4.44. The van der Waals surface area contributed by atoms with Crippen LogP contribution >= 0.6 is 0 Å². The van der Waals surface area contributed by atoms with E-state index in [1.807, 2.05) is 0 Å². The molecular weight excluding hydrogens is 420 g/mol. The third-order valence-electron chi connectivity index (χ3n) is 8.53. The highest BCUT2D eigenvalue weighted by Gasteiger charge is 2.56. The van der Waals surface area contributed by atoms with Gasteiger partial charge in [-0.2, -0.15) is 0 Å². The van der Waals surface area contributed by atoms with Crippen LogP contribution in [-0.2, 0) is 16.0 Å². The Bertz CT molecular complexity index is 1240. The van der Waals surface area contributed by atoms with E-state index in [0.29, 0.717) is 34.7 Å². The number of carbonyl (C=O) groups is 1. The molecule has 2 aromatic heterocycles. The van der Waals surface area contributed by atoms with Gasteiger partial charge in [-0.15, -0.1) is 0 Å². The summed E-state index contributed by atoms with van der Waals surface area (Å²) in [5.41, 5.74) is 5.26. The van der Waals surface area contributed by atoms with Crippen molar-refractivity contribution in [3.8, 4) is 17.0 Å². The van der Waals surface area contributed by atoms with Gasteiger partial charge in [-0.1, -0.05) is 6.92 Å². The second kappa shape index (κ2) is 7.50. The van der Waals surface area contributed by atoms with Crippen molar-refractivity contribution in [2.75, 3.05) is 7.11 Å². The van der Waals surface area contributed by atoms with Crippen molar-refractivity contribution >= 4 is 17.3 Å². The maximum Gasteiger partial charge on any atom is 0.302 e. The number of carbonyl (C=O) groups excluding carboxylic acids is 1. The predicted molar refractivity (Wildman–Crippen MR) is 120 cm³/mol. The molecule has 0 spiro atoms. The molecule has 3 aliphatic carbocycles. The molecule has 33 heavy (non-hydrogen) atoms. The predicted octanol–water partition coefficient (Wildman–Crippen LogP) is 4.48. The molecule has 0 radical (unpaired) electrons. The molecule has 1 aromatic carbocycles. The second-order valence-corrected chi connectivity index (χ2v) is 10.1. The normalized spacial score (nSPS) is 30.4. The molecule has 2 fully saturated rings. The monoisotopic (exact) mass is 448 g/mol. The van der Waals surface area contributed by atoms with Crippen molar-refractivity contribution in [2.45, 2.75) is 64.4 Å². The van der Waals surface area contributed by atoms with Crippen LogP contribution in [0.4, 0.5) is 0 Å². The van der Waals surface area contributed by atoms with Crippen molar-refractivity contribution in [1.82, 2.24) is 20.3 Å². The lowest BCUT2D eigenvalue weighted by molar-refractivity contribution is -0.154. The molecule has 0 bridgehead atoms. The highest BCUT2D eigenvalue weighted by Crippen LogP contribution is 2.62. The van der Waals surface area contributed by atoms with Crippen LogP contribution in [0, 0.1) is 17.3 Å². The lowest BCUT2D eigenvalue weighted by Gasteiger charge is -2.50. The van der Waals surface area contributed by atoms with Crippen LogP contribution in [-0.4, -0.2) is 39.5 Å². The zero-order chi connectivity index (χ0) is 22.7. The maximum absolute atomic E-state index is 11.7. The third kappa shape index (κ3) is 3.14. The quantitative estimate of drug-likeness (QED) is 0.541. The first kappa shape index (κ1) is 20.6. The number of methoxy groups -OCH3 is 1. The van der Waals surface area contributed by atoms with Crippen LogP contribution in [0.5, 0.6) is 5.75 Å². The highest BCUT2D eigenvalue weighted by molar-refractivity contribution is 5.74. The molecule has 5 unspecified atom stereocenters. The Morgan fingerprint density at radius 1 is 1.15 bits per heavy atom. The van der Waals surface area contributed by atoms with E-state index in [1.54, 1.807) is 13.3 Å². The molecule has 3 aliphatic rings. The summed E-state index contributed by atoms with van der Waals surface area (Å²) in [5, 5.41) is 7.61. The molecule has 8 heteroatoms. The number of hydrogen-bond donors (Lipinski definition) is 0. The zero-order valence-corrected chi connectivity index (χ0v) is 19.2. The molecular formula is C25H28N4O4. The minimum absolute atomic E-state index is 0.0480. The summed E-state index contributed by atoms with van der Waals surface area (Å²) >= 11 is 0. The van der Waals surface area contributed by atoms with Crippen molar-refractivity contribution in [1.29, 1.82) is 0 Å². The zero-order valence-electron chi connectivity index (χ0n) is 19.2. The summed E-state index contributed by atoms with van der Waals surface area (Å²) in [6.45, 7) is 3.88. The summed E-state index contributed by atoms with van der Waals surface area (Å²) in [5.74, 6) is 2.32. The van der Waals surface area contributed by atoms with Gasteiger partial charge in [0.2, 0.25) is 11.3 Å². The van der Waals surface area contributed by atoms with E-state index in [-0.39, 0.29) is 17.5 Å². The van der Waals surface area contributed by atoms with Gasteiger partial charge in [0, 0.05) is 17.9 Å². The van der Waals surface area contributed by atoms with Gasteiger partial charge in [-0.25, -0.2) is 14.6 Å². The van der Waals surface area contributed by atoms with Crippen molar-refractivity contribution in [3.05, 3.63) is 29.5 Å². The first-order valence-corrected chi connectivity index (χ1v) is 11.8. The molecule has 5 atom stereocenters. The van der Waals surface area contributed by atoms with E-state index in [0.717, 1.165) is 43.4 Å². The molecule has 0 aliphatic heterocycles. The maximum atomic E-state index is 11.7. The number of esters is 1. The molecule has 172 valence electrons. The Labute approximate surface area is 192 Å². The number of aromatic nitrogens is 4. The average molecular weight is 449 g/mol. The fourth-order valence-electron chi connectivity index (χ4n) is 7.04. The van der Waals surface area contributed by atoms with E-state index >= 15 is 0 Å². The first-order valence-electron chi connectivity index (χ1n) is 11.8. The number of fused-ring (bicyclic) bond motifs is 6. The summed E-state index contributed by atoms with van der Waals surface area (Å²) in [6.07, 6.45) is 8.25. The molecule has 8 nitrogen and oxygen atoms in total. The molecule has 6 rings (SSSR count). The Kier molecular flexibility index (Phi) is 4.67. The Balaban J connectivity index is 1.38. The molecule has 0 amide bonds. The highest BCUT2D eigenvalue weighted by atomic mass is 16.6. The van der Waals surface area contributed by atoms with Gasteiger partial charge in [0.1, 0.15) is 11.9 Å². The van der Waals surface area contributed by atoms with Crippen LogP contribution < -0.4 is 4.74 Å². The van der Waals surface area contributed by atoms with E-state index in [2.05, 4.69) is 39.3 Å². The van der Waals surface area contributed by atoms with E-state index in [9.17, 15) is 4.79 Å². The van der Waals surface area contributed by atoms with Crippen LogP contribution in [0.1, 0.15) is 63.0 Å². The fraction of sp³-hybridized carbons (Fsp3) is 0.560. The Morgan fingerprint density at radius 3 is 2.82 bits per heavy atom. The van der Waals surface area contributed by atoms with Crippen molar-refractivity contribution in [3.63, 3.8) is 0 Å². The standard InChI is InChI=1S/C25H28N4O4/c1-13(30)32-22-7-6-19-16-5-4-14-10-21(31-3)18(11-17(14)15(16)8-9-25(19,22)2)20-12-26-23-24(27-20)29-33-28-23/h10-12,15-16,19,22H,4-9H2,1-3H3. The Hall–Kier alpha value is -3.03. The lowest BCUT2D eigenvalue weighted by atomic mass is 9.55. The third-order valence-corrected chi connectivity index (χ3v) is 8.53. The molecule has 0 N–H and O–H groups in total. The second-order valence-electron chi connectivity index (χ2n) is 10.1. The lowest BCUT2D eigenvalue weighted by Crippen LogP contribution is -2.45. The summed E-state index contributed by atoms with van der Waals surface area (Å²) < 4.78 is 16.3. The van der Waals surface area contributed by atoms with Gasteiger partial charge in [-0.3, -0.25) is 4.79 Å². The smallest absolute Gasteiger partial charge is 0.302 e. The summed E-state index contributed by atoms with van der Waals surface area (Å²) in [7, 11) is 1.69. The number of ether oxygens (including phenoxy) is 2. The van der Waals surface area contributed by atoms with Crippen molar-refractivity contribution in [2.24, 2.45) is 17.3 Å². The number of benzene rings is 1. The molecule has 2 heterocycles. The van der Waals surface area contributed by atoms with Gasteiger partial charge in [0.15, 0.2) is 0 Å². The summed E-state index contributed by atoms with van der Waals surface area (Å²) in [4.78, 5) is 20.7. The van der Waals surface area contributed by atoms with Crippen LogP contribution in [0.3, 0.4) is 0 Å². The van der Waals surface area contributed by atoms with Crippen LogP contribution in [0.15, 0.2) is 23.0 Å². The largest absolute Gasteiger partial charge is 0.496 e. The SMILES string of the molecule is COc1cc2c(cc1-c1cnc3nonc3n1)C1CCC3(C)C(OC(C)=O)CCC3C1CC2.